The standard InChI is InChI=1S/C15H28N2O2/c1-4-12(5-2)17(3)13-8-9-15(10-13,14(18)19)16-11-6-7-11/h11-13,16H,4-10H2,1-3H3,(H,18,19). The first kappa shape index (κ1) is 14.8. The Kier molecular flexibility index (Phi) is 4.51. The molecule has 110 valence electrons. The molecule has 2 fully saturated rings. The molecule has 4 heteroatoms. The van der Waals surface area contributed by atoms with E-state index in [1.807, 2.05) is 0 Å². The molecule has 0 aromatic carbocycles. The van der Waals surface area contributed by atoms with Gasteiger partial charge in [-0.2, -0.15) is 0 Å². The first-order chi connectivity index (χ1) is 9.02. The second-order valence-corrected chi connectivity index (χ2v) is 6.34. The van der Waals surface area contributed by atoms with E-state index in [0.717, 1.165) is 44.9 Å². The van der Waals surface area contributed by atoms with Crippen LogP contribution < -0.4 is 5.32 Å². The number of rotatable bonds is 7. The van der Waals surface area contributed by atoms with Gasteiger partial charge >= 0.3 is 5.97 Å². The van der Waals surface area contributed by atoms with Gasteiger partial charge in [0.2, 0.25) is 0 Å². The maximum atomic E-state index is 11.7. The fourth-order valence-electron chi connectivity index (χ4n) is 3.54. The summed E-state index contributed by atoms with van der Waals surface area (Å²) in [6.07, 6.45) is 7.09. The molecule has 0 saturated heterocycles. The lowest BCUT2D eigenvalue weighted by Gasteiger charge is -2.33. The fraction of sp³-hybridized carbons (Fsp3) is 0.933. The van der Waals surface area contributed by atoms with Crippen molar-refractivity contribution >= 4 is 5.97 Å². The van der Waals surface area contributed by atoms with Crippen molar-refractivity contribution in [2.45, 2.75) is 82.5 Å². The molecular formula is C15H28N2O2. The highest BCUT2D eigenvalue weighted by Gasteiger charge is 2.49. The van der Waals surface area contributed by atoms with Crippen LogP contribution in [0.2, 0.25) is 0 Å². The largest absolute Gasteiger partial charge is 0.480 e. The minimum absolute atomic E-state index is 0.409. The summed E-state index contributed by atoms with van der Waals surface area (Å²) >= 11 is 0. The van der Waals surface area contributed by atoms with Crippen molar-refractivity contribution in [1.29, 1.82) is 0 Å². The molecule has 2 unspecified atom stereocenters. The lowest BCUT2D eigenvalue weighted by atomic mass is 9.96. The third-order valence-corrected chi connectivity index (χ3v) is 5.05. The van der Waals surface area contributed by atoms with Gasteiger partial charge in [-0.1, -0.05) is 13.8 Å². The van der Waals surface area contributed by atoms with Crippen molar-refractivity contribution in [2.75, 3.05) is 7.05 Å². The van der Waals surface area contributed by atoms with E-state index in [9.17, 15) is 9.90 Å². The zero-order chi connectivity index (χ0) is 14.0. The summed E-state index contributed by atoms with van der Waals surface area (Å²) in [6, 6.07) is 1.44. The number of carboxylic acids is 1. The van der Waals surface area contributed by atoms with Gasteiger partial charge in [0.1, 0.15) is 5.54 Å². The summed E-state index contributed by atoms with van der Waals surface area (Å²) < 4.78 is 0. The van der Waals surface area contributed by atoms with Gasteiger partial charge in [0.05, 0.1) is 0 Å². The van der Waals surface area contributed by atoms with Gasteiger partial charge < -0.3 is 10.0 Å². The van der Waals surface area contributed by atoms with Gasteiger partial charge in [-0.15, -0.1) is 0 Å². The summed E-state index contributed by atoms with van der Waals surface area (Å²) in [7, 11) is 2.16. The molecule has 2 aliphatic carbocycles. The Morgan fingerprint density at radius 2 is 2.00 bits per heavy atom. The predicted octanol–water partition coefficient (Wildman–Crippen LogP) is 2.23. The zero-order valence-electron chi connectivity index (χ0n) is 12.5. The van der Waals surface area contributed by atoms with Gasteiger partial charge in [-0.05, 0) is 52.0 Å². The van der Waals surface area contributed by atoms with Crippen LogP contribution in [0.15, 0.2) is 0 Å². The van der Waals surface area contributed by atoms with Crippen LogP contribution in [0.3, 0.4) is 0 Å². The Morgan fingerprint density at radius 3 is 2.47 bits per heavy atom. The van der Waals surface area contributed by atoms with Crippen LogP contribution in [-0.2, 0) is 4.79 Å². The second-order valence-electron chi connectivity index (χ2n) is 6.34. The number of hydrogen-bond acceptors (Lipinski definition) is 3. The topological polar surface area (TPSA) is 52.6 Å². The first-order valence-electron chi connectivity index (χ1n) is 7.75. The number of nitrogens with one attached hydrogen (secondary N) is 1. The van der Waals surface area contributed by atoms with E-state index in [2.05, 4.69) is 31.1 Å². The Labute approximate surface area is 116 Å². The molecular weight excluding hydrogens is 240 g/mol. The van der Waals surface area contributed by atoms with E-state index in [1.165, 1.54) is 0 Å². The Bertz CT molecular complexity index is 326. The molecule has 2 saturated carbocycles. The molecule has 0 spiro atoms. The van der Waals surface area contributed by atoms with Gasteiger partial charge in [-0.3, -0.25) is 10.1 Å². The zero-order valence-corrected chi connectivity index (χ0v) is 12.5. The highest BCUT2D eigenvalue weighted by atomic mass is 16.4. The van der Waals surface area contributed by atoms with Crippen LogP contribution in [-0.4, -0.2) is 46.7 Å². The van der Waals surface area contributed by atoms with Crippen molar-refractivity contribution in [3.8, 4) is 0 Å². The highest BCUT2D eigenvalue weighted by Crippen LogP contribution is 2.37. The quantitative estimate of drug-likeness (QED) is 0.743. The molecule has 0 aromatic rings. The molecule has 0 aromatic heterocycles. The number of carboxylic acid groups (broad SMARTS) is 1. The first-order valence-corrected chi connectivity index (χ1v) is 7.75. The number of carbonyl (C=O) groups is 1. The van der Waals surface area contributed by atoms with E-state index in [0.29, 0.717) is 18.1 Å². The van der Waals surface area contributed by atoms with Crippen molar-refractivity contribution in [3.63, 3.8) is 0 Å². The summed E-state index contributed by atoms with van der Waals surface area (Å²) in [5.41, 5.74) is -0.661. The molecule has 0 radical (unpaired) electrons. The normalized spacial score (nSPS) is 31.3. The van der Waals surface area contributed by atoms with Crippen LogP contribution in [0.5, 0.6) is 0 Å². The van der Waals surface area contributed by atoms with Crippen LogP contribution in [0.1, 0.15) is 58.8 Å². The van der Waals surface area contributed by atoms with E-state index >= 15 is 0 Å². The smallest absolute Gasteiger partial charge is 0.323 e. The predicted molar refractivity (Wildman–Crippen MR) is 76.3 cm³/mol. The molecule has 19 heavy (non-hydrogen) atoms. The molecule has 0 aliphatic heterocycles. The van der Waals surface area contributed by atoms with Crippen molar-refractivity contribution in [3.05, 3.63) is 0 Å². The monoisotopic (exact) mass is 268 g/mol. The minimum atomic E-state index is -0.661. The van der Waals surface area contributed by atoms with Crippen molar-refractivity contribution < 1.29 is 9.90 Å². The van der Waals surface area contributed by atoms with Gasteiger partial charge in [0.15, 0.2) is 0 Å². The van der Waals surface area contributed by atoms with Crippen LogP contribution in [0.4, 0.5) is 0 Å². The molecule has 4 nitrogen and oxygen atoms in total. The summed E-state index contributed by atoms with van der Waals surface area (Å²) in [5, 5.41) is 13.0. The number of hydrogen-bond donors (Lipinski definition) is 2. The lowest BCUT2D eigenvalue weighted by molar-refractivity contribution is -0.145. The third-order valence-electron chi connectivity index (χ3n) is 5.05. The number of aliphatic carboxylic acids is 1. The Balaban J connectivity index is 2.01. The molecule has 0 bridgehead atoms. The molecule has 2 rings (SSSR count). The molecule has 0 heterocycles. The van der Waals surface area contributed by atoms with Crippen LogP contribution in [0.25, 0.3) is 0 Å². The molecule has 2 atom stereocenters. The van der Waals surface area contributed by atoms with E-state index in [1.54, 1.807) is 0 Å². The van der Waals surface area contributed by atoms with Crippen LogP contribution >= 0.6 is 0 Å². The molecule has 2 aliphatic rings. The second kappa shape index (κ2) is 5.80. The number of nitrogens with zero attached hydrogens (tertiary/aromatic N) is 1. The van der Waals surface area contributed by atoms with E-state index in [-0.39, 0.29) is 0 Å². The van der Waals surface area contributed by atoms with Crippen molar-refractivity contribution in [2.24, 2.45) is 0 Å². The average Bonchev–Trinajstić information content (AvgIpc) is 3.07. The van der Waals surface area contributed by atoms with Crippen molar-refractivity contribution in [1.82, 2.24) is 10.2 Å². The van der Waals surface area contributed by atoms with Gasteiger partial charge in [0.25, 0.3) is 0 Å². The maximum Gasteiger partial charge on any atom is 0.323 e. The molecule has 2 N–H and O–H groups in total. The van der Waals surface area contributed by atoms with E-state index < -0.39 is 11.5 Å². The van der Waals surface area contributed by atoms with Crippen LogP contribution in [0, 0.1) is 0 Å². The highest BCUT2D eigenvalue weighted by molar-refractivity contribution is 5.79. The average molecular weight is 268 g/mol. The van der Waals surface area contributed by atoms with E-state index in [4.69, 9.17) is 0 Å². The SMILES string of the molecule is CCC(CC)N(C)C1CCC(NC2CC2)(C(=O)O)C1. The Morgan fingerprint density at radius 1 is 1.37 bits per heavy atom. The third kappa shape index (κ3) is 3.11. The maximum absolute atomic E-state index is 11.7. The lowest BCUT2D eigenvalue weighted by Crippen LogP contribution is -2.52. The van der Waals surface area contributed by atoms with Gasteiger partial charge in [0, 0.05) is 18.1 Å². The summed E-state index contributed by atoms with van der Waals surface area (Å²) in [5.74, 6) is -0.653. The molecule has 0 amide bonds. The minimum Gasteiger partial charge on any atom is -0.480 e. The summed E-state index contributed by atoms with van der Waals surface area (Å²) in [4.78, 5) is 14.1. The summed E-state index contributed by atoms with van der Waals surface area (Å²) in [6.45, 7) is 4.43. The van der Waals surface area contributed by atoms with Gasteiger partial charge in [-0.25, -0.2) is 0 Å². The Hall–Kier alpha value is -0.610. The fourth-order valence-corrected chi connectivity index (χ4v) is 3.54.